The van der Waals surface area contributed by atoms with E-state index in [-0.39, 0.29) is 17.2 Å². The third-order valence-electron chi connectivity index (χ3n) is 8.87. The molecule has 0 saturated heterocycles. The SMILES string of the molecule is CC(C)(C/C=C/C=C/C=C/C=C1\CC2=C(C=CC3C=CC=CC23)N1CCC(N)=O)c1c([NH2+]CCC(N)=O)ccc2ccccc12. The molecule has 0 fully saturated rings. The molecule has 2 unspecified atom stereocenters. The fraction of sp³-hybridized carbons (Fsp3) is 0.282. The van der Waals surface area contributed by atoms with Gasteiger partial charge in [0.2, 0.25) is 11.8 Å². The van der Waals surface area contributed by atoms with Crippen molar-refractivity contribution in [3.05, 3.63) is 138 Å². The highest BCUT2D eigenvalue weighted by atomic mass is 16.1. The number of amides is 2. The fourth-order valence-corrected chi connectivity index (χ4v) is 6.67. The first-order chi connectivity index (χ1) is 21.7. The van der Waals surface area contributed by atoms with Crippen molar-refractivity contribution in [3.8, 4) is 0 Å². The fourth-order valence-electron chi connectivity index (χ4n) is 6.67. The van der Waals surface area contributed by atoms with Crippen LogP contribution >= 0.6 is 0 Å². The number of carbonyl (C=O) groups excluding carboxylic acids is 2. The molecular formula is C39H45N4O2+. The molecule has 45 heavy (non-hydrogen) atoms. The summed E-state index contributed by atoms with van der Waals surface area (Å²) in [6.45, 7) is 5.77. The van der Waals surface area contributed by atoms with E-state index in [0.717, 1.165) is 18.5 Å². The minimum absolute atomic E-state index is 0.121. The summed E-state index contributed by atoms with van der Waals surface area (Å²) in [4.78, 5) is 25.2. The summed E-state index contributed by atoms with van der Waals surface area (Å²) < 4.78 is 0. The normalized spacial score (nSPS) is 20.4. The van der Waals surface area contributed by atoms with Crippen molar-refractivity contribution in [2.45, 2.75) is 44.9 Å². The number of nitrogens with two attached hydrogens (primary N) is 3. The quantitative estimate of drug-likeness (QED) is 0.197. The number of hydrogen-bond donors (Lipinski definition) is 3. The molecule has 232 valence electrons. The molecule has 0 saturated carbocycles. The standard InChI is InChI=1S/C39H44N4O2/c1-39(2,38-32-17-11-9-14-29(32)18-20-34(38)42-25-22-36(40)44)24-12-6-4-3-5-7-15-30-27-33-31-16-10-8-13-28(31)19-21-35(33)43(30)26-23-37(41)45/h3-21,28,31,42H,22-27H2,1-2H3,(H2,40,44)(H2,41,45)/p+1/b4-3+,7-5+,12-6+,30-15+. The van der Waals surface area contributed by atoms with Crippen molar-refractivity contribution in [2.75, 3.05) is 13.1 Å². The maximum Gasteiger partial charge on any atom is 0.223 e. The van der Waals surface area contributed by atoms with Gasteiger partial charge in [-0.3, -0.25) is 9.59 Å². The molecule has 6 nitrogen and oxygen atoms in total. The number of fused-ring (bicyclic) bond motifs is 3. The minimum atomic E-state index is -0.284. The first kappa shape index (κ1) is 31.7. The summed E-state index contributed by atoms with van der Waals surface area (Å²) in [6.07, 6.45) is 30.3. The van der Waals surface area contributed by atoms with E-state index in [9.17, 15) is 9.59 Å². The van der Waals surface area contributed by atoms with Crippen LogP contribution in [0.1, 0.15) is 45.1 Å². The van der Waals surface area contributed by atoms with Gasteiger partial charge in [0.25, 0.3) is 0 Å². The zero-order valence-electron chi connectivity index (χ0n) is 26.4. The Bertz CT molecular complexity index is 1680. The van der Waals surface area contributed by atoms with Crippen LogP contribution < -0.4 is 16.8 Å². The molecule has 2 aliphatic carbocycles. The molecule has 0 aromatic heterocycles. The number of rotatable bonds is 13. The minimum Gasteiger partial charge on any atom is -0.370 e. The molecule has 2 aromatic carbocycles. The molecule has 0 bridgehead atoms. The Balaban J connectivity index is 1.24. The van der Waals surface area contributed by atoms with Crippen LogP contribution in [0.3, 0.4) is 0 Å². The number of primary amides is 2. The summed E-state index contributed by atoms with van der Waals surface area (Å²) in [7, 11) is 0. The summed E-state index contributed by atoms with van der Waals surface area (Å²) in [5.41, 5.74) is 17.0. The number of nitrogens with zero attached hydrogens (tertiary/aromatic N) is 1. The lowest BCUT2D eigenvalue weighted by molar-refractivity contribution is -0.570. The Morgan fingerprint density at radius 3 is 2.51 bits per heavy atom. The van der Waals surface area contributed by atoms with Crippen molar-refractivity contribution in [3.63, 3.8) is 0 Å². The Labute approximate surface area is 266 Å². The van der Waals surface area contributed by atoms with Crippen LogP contribution in [-0.4, -0.2) is 29.8 Å². The zero-order chi connectivity index (χ0) is 31.8. The predicted octanol–water partition coefficient (Wildman–Crippen LogP) is 5.89. The Morgan fingerprint density at radius 2 is 1.69 bits per heavy atom. The second-order valence-electron chi connectivity index (χ2n) is 12.6. The van der Waals surface area contributed by atoms with Crippen LogP contribution in [0.25, 0.3) is 10.8 Å². The number of benzene rings is 2. The average molecular weight is 602 g/mol. The maximum absolute atomic E-state index is 11.6. The molecule has 2 atom stereocenters. The molecule has 0 radical (unpaired) electrons. The number of carbonyl (C=O) groups is 2. The van der Waals surface area contributed by atoms with Gasteiger partial charge in [-0.1, -0.05) is 105 Å². The summed E-state index contributed by atoms with van der Waals surface area (Å²) >= 11 is 0. The number of hydrogen-bond acceptors (Lipinski definition) is 3. The van der Waals surface area contributed by atoms with Gasteiger partial charge in [0.1, 0.15) is 5.69 Å². The van der Waals surface area contributed by atoms with E-state index in [4.69, 9.17) is 11.5 Å². The van der Waals surface area contributed by atoms with Crippen LogP contribution in [0.4, 0.5) is 5.69 Å². The van der Waals surface area contributed by atoms with Gasteiger partial charge in [-0.05, 0) is 52.5 Å². The molecule has 6 heteroatoms. The monoisotopic (exact) mass is 601 g/mol. The molecule has 1 heterocycles. The Hall–Kier alpha value is -4.68. The van der Waals surface area contributed by atoms with Gasteiger partial charge >= 0.3 is 0 Å². The van der Waals surface area contributed by atoms with Crippen LogP contribution in [0, 0.1) is 11.8 Å². The molecule has 5 rings (SSSR count). The van der Waals surface area contributed by atoms with Crippen molar-refractivity contribution in [1.82, 2.24) is 4.90 Å². The highest BCUT2D eigenvalue weighted by molar-refractivity contribution is 5.89. The van der Waals surface area contributed by atoms with Gasteiger partial charge < -0.3 is 21.7 Å². The number of allylic oxidation sites excluding steroid dienone is 14. The Kier molecular flexibility index (Phi) is 10.2. The van der Waals surface area contributed by atoms with Crippen molar-refractivity contribution in [2.24, 2.45) is 23.3 Å². The first-order valence-electron chi connectivity index (χ1n) is 15.9. The molecule has 6 N–H and O–H groups in total. The molecule has 2 aromatic rings. The van der Waals surface area contributed by atoms with Gasteiger partial charge in [-0.2, -0.15) is 0 Å². The second-order valence-corrected chi connectivity index (χ2v) is 12.6. The molecule has 2 amide bonds. The van der Waals surface area contributed by atoms with E-state index >= 15 is 0 Å². The predicted molar refractivity (Wildman–Crippen MR) is 184 cm³/mol. The second kappa shape index (κ2) is 14.4. The van der Waals surface area contributed by atoms with Crippen molar-refractivity contribution >= 4 is 28.3 Å². The van der Waals surface area contributed by atoms with Gasteiger partial charge in [0.05, 0.1) is 13.0 Å². The van der Waals surface area contributed by atoms with E-state index in [2.05, 4.69) is 127 Å². The first-order valence-corrected chi connectivity index (χ1v) is 15.9. The molecule has 0 spiro atoms. The largest absolute Gasteiger partial charge is 0.370 e. The smallest absolute Gasteiger partial charge is 0.223 e. The Morgan fingerprint density at radius 1 is 0.933 bits per heavy atom. The lowest BCUT2D eigenvalue weighted by Gasteiger charge is -2.28. The van der Waals surface area contributed by atoms with Crippen LogP contribution in [0.5, 0.6) is 0 Å². The van der Waals surface area contributed by atoms with Crippen LogP contribution in [-0.2, 0) is 15.0 Å². The molecule has 1 aliphatic heterocycles. The van der Waals surface area contributed by atoms with E-state index in [0.29, 0.717) is 37.8 Å². The highest BCUT2D eigenvalue weighted by Crippen LogP contribution is 2.44. The summed E-state index contributed by atoms with van der Waals surface area (Å²) in [5.74, 6) is 0.201. The molecule has 3 aliphatic rings. The van der Waals surface area contributed by atoms with Gasteiger partial charge in [0.15, 0.2) is 0 Å². The van der Waals surface area contributed by atoms with Gasteiger partial charge in [-0.25, -0.2) is 0 Å². The van der Waals surface area contributed by atoms with E-state index in [1.54, 1.807) is 0 Å². The summed E-state index contributed by atoms with van der Waals surface area (Å²) in [5, 5.41) is 4.59. The third-order valence-corrected chi connectivity index (χ3v) is 8.87. The number of quaternary nitrogens is 1. The van der Waals surface area contributed by atoms with E-state index in [1.165, 1.54) is 33.3 Å². The average Bonchev–Trinajstić information content (AvgIpc) is 3.38. The van der Waals surface area contributed by atoms with E-state index < -0.39 is 0 Å². The maximum atomic E-state index is 11.6. The zero-order valence-corrected chi connectivity index (χ0v) is 26.4. The van der Waals surface area contributed by atoms with E-state index in [1.807, 2.05) is 12.2 Å². The van der Waals surface area contributed by atoms with Gasteiger partial charge in [-0.15, -0.1) is 0 Å². The lowest BCUT2D eigenvalue weighted by atomic mass is 9.78. The van der Waals surface area contributed by atoms with Crippen molar-refractivity contribution < 1.29 is 14.9 Å². The van der Waals surface area contributed by atoms with Crippen molar-refractivity contribution in [1.29, 1.82) is 0 Å². The highest BCUT2D eigenvalue weighted by Gasteiger charge is 2.34. The lowest BCUT2D eigenvalue weighted by Crippen LogP contribution is -2.79. The topological polar surface area (TPSA) is 106 Å². The van der Waals surface area contributed by atoms with Crippen LogP contribution in [0.15, 0.2) is 132 Å². The third kappa shape index (κ3) is 7.70. The molecular weight excluding hydrogens is 556 g/mol. The van der Waals surface area contributed by atoms with Crippen LogP contribution in [0.2, 0.25) is 0 Å². The summed E-state index contributed by atoms with van der Waals surface area (Å²) in [6, 6.07) is 12.8. The van der Waals surface area contributed by atoms with Gasteiger partial charge in [0, 0.05) is 48.2 Å².